The SMILES string of the molecule is CNC(=O)CCSc1cccc(CNCCOC)c1. The number of amides is 1. The smallest absolute Gasteiger partial charge is 0.220 e. The standard InChI is InChI=1S/C14H22N2O2S/c1-15-14(17)6-9-19-13-5-3-4-12(10-13)11-16-7-8-18-2/h3-5,10,16H,6-9,11H2,1-2H3,(H,15,17). The van der Waals surface area contributed by atoms with Crippen molar-refractivity contribution in [3.63, 3.8) is 0 Å². The Morgan fingerprint density at radius 1 is 1.42 bits per heavy atom. The lowest BCUT2D eigenvalue weighted by Gasteiger charge is -2.06. The minimum Gasteiger partial charge on any atom is -0.383 e. The van der Waals surface area contributed by atoms with Crippen molar-refractivity contribution < 1.29 is 9.53 Å². The summed E-state index contributed by atoms with van der Waals surface area (Å²) >= 11 is 1.71. The van der Waals surface area contributed by atoms with Gasteiger partial charge >= 0.3 is 0 Å². The van der Waals surface area contributed by atoms with Crippen LogP contribution < -0.4 is 10.6 Å². The minimum atomic E-state index is 0.0879. The maximum atomic E-state index is 11.1. The van der Waals surface area contributed by atoms with Gasteiger partial charge in [0, 0.05) is 44.3 Å². The number of carbonyl (C=O) groups excluding carboxylic acids is 1. The monoisotopic (exact) mass is 282 g/mol. The second-order valence-electron chi connectivity index (χ2n) is 4.09. The quantitative estimate of drug-likeness (QED) is 0.534. The highest BCUT2D eigenvalue weighted by Gasteiger charge is 2.00. The Bertz CT molecular complexity index is 385. The van der Waals surface area contributed by atoms with Gasteiger partial charge in [0.05, 0.1) is 6.61 Å². The molecule has 0 heterocycles. The molecule has 2 N–H and O–H groups in total. The lowest BCUT2D eigenvalue weighted by Crippen LogP contribution is -2.18. The van der Waals surface area contributed by atoms with Crippen LogP contribution in [0.1, 0.15) is 12.0 Å². The van der Waals surface area contributed by atoms with Gasteiger partial charge in [-0.1, -0.05) is 12.1 Å². The van der Waals surface area contributed by atoms with E-state index in [4.69, 9.17) is 4.74 Å². The van der Waals surface area contributed by atoms with Crippen LogP contribution in [0.2, 0.25) is 0 Å². The zero-order valence-electron chi connectivity index (χ0n) is 11.6. The molecule has 0 aliphatic heterocycles. The van der Waals surface area contributed by atoms with Crippen LogP contribution in [0.4, 0.5) is 0 Å². The van der Waals surface area contributed by atoms with E-state index >= 15 is 0 Å². The molecular formula is C14H22N2O2S. The summed E-state index contributed by atoms with van der Waals surface area (Å²) in [5, 5.41) is 5.94. The van der Waals surface area contributed by atoms with E-state index in [9.17, 15) is 4.79 Å². The van der Waals surface area contributed by atoms with E-state index in [1.807, 2.05) is 0 Å². The predicted octanol–water partition coefficient (Wildman–Crippen LogP) is 1.65. The molecule has 0 unspecified atom stereocenters. The molecule has 0 spiro atoms. The third-order valence-corrected chi connectivity index (χ3v) is 3.58. The average molecular weight is 282 g/mol. The molecule has 1 aromatic carbocycles. The largest absolute Gasteiger partial charge is 0.383 e. The molecule has 0 atom stereocenters. The number of benzene rings is 1. The lowest BCUT2D eigenvalue weighted by atomic mass is 10.2. The van der Waals surface area contributed by atoms with E-state index < -0.39 is 0 Å². The fourth-order valence-electron chi connectivity index (χ4n) is 1.54. The first kappa shape index (κ1) is 16.0. The molecule has 4 nitrogen and oxygen atoms in total. The molecule has 106 valence electrons. The summed E-state index contributed by atoms with van der Waals surface area (Å²) in [5.41, 5.74) is 1.25. The number of rotatable bonds is 9. The Hall–Kier alpha value is -1.04. The van der Waals surface area contributed by atoms with Crippen LogP contribution in [-0.2, 0) is 16.1 Å². The Balaban J connectivity index is 2.32. The molecule has 1 aromatic rings. The summed E-state index contributed by atoms with van der Waals surface area (Å²) in [4.78, 5) is 12.3. The first-order valence-corrected chi connectivity index (χ1v) is 7.37. The number of thioether (sulfide) groups is 1. The van der Waals surface area contributed by atoms with Crippen molar-refractivity contribution in [2.45, 2.75) is 17.9 Å². The summed E-state index contributed by atoms with van der Waals surface area (Å²) in [5.74, 6) is 0.894. The third-order valence-electron chi connectivity index (χ3n) is 2.59. The van der Waals surface area contributed by atoms with Gasteiger partial charge in [-0.3, -0.25) is 4.79 Å². The fraction of sp³-hybridized carbons (Fsp3) is 0.500. The van der Waals surface area contributed by atoms with Gasteiger partial charge in [0.2, 0.25) is 5.91 Å². The summed E-state index contributed by atoms with van der Waals surface area (Å²) in [7, 11) is 3.37. The molecule has 0 bridgehead atoms. The van der Waals surface area contributed by atoms with Gasteiger partial charge in [-0.15, -0.1) is 11.8 Å². The maximum absolute atomic E-state index is 11.1. The van der Waals surface area contributed by atoms with Crippen molar-refractivity contribution in [1.82, 2.24) is 10.6 Å². The van der Waals surface area contributed by atoms with Gasteiger partial charge in [0.1, 0.15) is 0 Å². The van der Waals surface area contributed by atoms with Crippen LogP contribution in [0.15, 0.2) is 29.2 Å². The Morgan fingerprint density at radius 2 is 2.26 bits per heavy atom. The van der Waals surface area contributed by atoms with Crippen LogP contribution >= 0.6 is 11.8 Å². The van der Waals surface area contributed by atoms with Crippen molar-refractivity contribution in [2.75, 3.05) is 33.1 Å². The van der Waals surface area contributed by atoms with E-state index in [1.54, 1.807) is 25.9 Å². The molecule has 1 rings (SSSR count). The molecule has 19 heavy (non-hydrogen) atoms. The van der Waals surface area contributed by atoms with E-state index in [0.717, 1.165) is 25.4 Å². The zero-order valence-corrected chi connectivity index (χ0v) is 12.4. The molecule has 1 amide bonds. The zero-order chi connectivity index (χ0) is 13.9. The van der Waals surface area contributed by atoms with E-state index in [2.05, 4.69) is 34.9 Å². The van der Waals surface area contributed by atoms with Crippen LogP contribution in [0.25, 0.3) is 0 Å². The molecule has 5 heteroatoms. The van der Waals surface area contributed by atoms with E-state index in [0.29, 0.717) is 6.42 Å². The molecule has 0 radical (unpaired) electrons. The number of carbonyl (C=O) groups is 1. The molecule has 0 aromatic heterocycles. The molecule has 0 aliphatic carbocycles. The predicted molar refractivity (Wildman–Crippen MR) is 79.4 cm³/mol. The first-order chi connectivity index (χ1) is 9.26. The van der Waals surface area contributed by atoms with Crippen LogP contribution in [-0.4, -0.2) is 39.0 Å². The third kappa shape index (κ3) is 7.20. The summed E-state index contributed by atoms with van der Waals surface area (Å²) in [6.45, 7) is 2.41. The van der Waals surface area contributed by atoms with Gasteiger partial charge in [-0.05, 0) is 17.7 Å². The second kappa shape index (κ2) is 9.83. The van der Waals surface area contributed by atoms with Crippen molar-refractivity contribution >= 4 is 17.7 Å². The van der Waals surface area contributed by atoms with Gasteiger partial charge in [-0.25, -0.2) is 0 Å². The highest BCUT2D eigenvalue weighted by Crippen LogP contribution is 2.19. The minimum absolute atomic E-state index is 0.0879. The number of methoxy groups -OCH3 is 1. The average Bonchev–Trinajstić information content (AvgIpc) is 2.44. The van der Waals surface area contributed by atoms with Crippen molar-refractivity contribution in [1.29, 1.82) is 0 Å². The Labute approximate surface area is 119 Å². The van der Waals surface area contributed by atoms with Crippen molar-refractivity contribution in [3.05, 3.63) is 29.8 Å². The topological polar surface area (TPSA) is 50.4 Å². The lowest BCUT2D eigenvalue weighted by molar-refractivity contribution is -0.120. The molecular weight excluding hydrogens is 260 g/mol. The van der Waals surface area contributed by atoms with Crippen LogP contribution in [0, 0.1) is 0 Å². The highest BCUT2D eigenvalue weighted by atomic mass is 32.2. The van der Waals surface area contributed by atoms with Crippen LogP contribution in [0.5, 0.6) is 0 Å². The fourth-order valence-corrected chi connectivity index (χ4v) is 2.47. The number of ether oxygens (including phenoxy) is 1. The van der Waals surface area contributed by atoms with Crippen molar-refractivity contribution in [2.24, 2.45) is 0 Å². The summed E-state index contributed by atoms with van der Waals surface area (Å²) < 4.78 is 4.99. The maximum Gasteiger partial charge on any atom is 0.220 e. The van der Waals surface area contributed by atoms with Gasteiger partial charge in [-0.2, -0.15) is 0 Å². The van der Waals surface area contributed by atoms with Gasteiger partial charge in [0.15, 0.2) is 0 Å². The normalized spacial score (nSPS) is 10.4. The molecule has 0 fully saturated rings. The van der Waals surface area contributed by atoms with Gasteiger partial charge in [0.25, 0.3) is 0 Å². The summed E-state index contributed by atoms with van der Waals surface area (Å²) in [6.07, 6.45) is 0.553. The number of hydrogen-bond acceptors (Lipinski definition) is 4. The highest BCUT2D eigenvalue weighted by molar-refractivity contribution is 7.99. The molecule has 0 saturated carbocycles. The number of nitrogens with one attached hydrogen (secondary N) is 2. The van der Waals surface area contributed by atoms with Crippen LogP contribution in [0.3, 0.4) is 0 Å². The van der Waals surface area contributed by atoms with Crippen molar-refractivity contribution in [3.8, 4) is 0 Å². The molecule has 0 aliphatic rings. The second-order valence-corrected chi connectivity index (χ2v) is 5.26. The summed E-state index contributed by atoms with van der Waals surface area (Å²) in [6, 6.07) is 8.39. The Morgan fingerprint density at radius 3 is 3.00 bits per heavy atom. The molecule has 0 saturated heterocycles. The number of hydrogen-bond donors (Lipinski definition) is 2. The first-order valence-electron chi connectivity index (χ1n) is 6.38. The Kier molecular flexibility index (Phi) is 8.29. The van der Waals surface area contributed by atoms with E-state index in [-0.39, 0.29) is 5.91 Å². The van der Waals surface area contributed by atoms with Gasteiger partial charge < -0.3 is 15.4 Å². The van der Waals surface area contributed by atoms with E-state index in [1.165, 1.54) is 10.5 Å².